The first-order valence-electron chi connectivity index (χ1n) is 4.42. The van der Waals surface area contributed by atoms with Crippen molar-refractivity contribution in [1.29, 1.82) is 0 Å². The molecule has 1 aliphatic heterocycles. The summed E-state index contributed by atoms with van der Waals surface area (Å²) in [4.78, 5) is 0. The Labute approximate surface area is 91.7 Å². The van der Waals surface area contributed by atoms with Crippen molar-refractivity contribution in [3.63, 3.8) is 0 Å². The molecule has 1 rings (SSSR count). The number of ether oxygens (including phenoxy) is 1. The van der Waals surface area contributed by atoms with Crippen molar-refractivity contribution in [1.82, 2.24) is 0 Å². The van der Waals surface area contributed by atoms with Gasteiger partial charge >= 0.3 is 0 Å². The Kier molecular flexibility index (Phi) is 4.46. The molecule has 4 N–H and O–H groups in total. The lowest BCUT2D eigenvalue weighted by molar-refractivity contribution is -0.104. The molecule has 0 aromatic heterocycles. The average molecular weight is 234 g/mol. The van der Waals surface area contributed by atoms with E-state index in [0.29, 0.717) is 5.75 Å². The molecule has 0 radical (unpaired) electrons. The van der Waals surface area contributed by atoms with Gasteiger partial charge in [-0.3, -0.25) is 0 Å². The van der Waals surface area contributed by atoms with Gasteiger partial charge in [0.05, 0.1) is 6.61 Å². The van der Waals surface area contributed by atoms with E-state index in [-0.39, 0.29) is 5.09 Å². The van der Waals surface area contributed by atoms with Crippen molar-refractivity contribution in [3.8, 4) is 0 Å². The van der Waals surface area contributed by atoms with Crippen LogP contribution in [-0.4, -0.2) is 51.1 Å². The zero-order valence-electron chi connectivity index (χ0n) is 8.04. The Morgan fingerprint density at radius 2 is 2.13 bits per heavy atom. The van der Waals surface area contributed by atoms with E-state index >= 15 is 0 Å². The molecule has 86 valence electrons. The van der Waals surface area contributed by atoms with Crippen LogP contribution in [0.4, 0.5) is 0 Å². The van der Waals surface area contributed by atoms with E-state index in [2.05, 4.69) is 6.58 Å². The number of hydrogen-bond donors (Lipinski definition) is 4. The summed E-state index contributed by atoms with van der Waals surface area (Å²) in [5, 5.41) is 37.3. The molecule has 15 heavy (non-hydrogen) atoms. The lowest BCUT2D eigenvalue weighted by Crippen LogP contribution is -2.45. The largest absolute Gasteiger partial charge is 0.506 e. The molecule has 0 amide bonds. The molecule has 0 saturated carbocycles. The summed E-state index contributed by atoms with van der Waals surface area (Å²) in [5.74, 6) is 0.0967. The lowest BCUT2D eigenvalue weighted by atomic mass is 10.1. The van der Waals surface area contributed by atoms with E-state index in [4.69, 9.17) is 9.84 Å². The van der Waals surface area contributed by atoms with Gasteiger partial charge in [0.1, 0.15) is 12.2 Å². The first-order valence-corrected chi connectivity index (χ1v) is 5.40. The van der Waals surface area contributed by atoms with Gasteiger partial charge in [0.25, 0.3) is 0 Å². The molecule has 0 bridgehead atoms. The van der Waals surface area contributed by atoms with Crippen molar-refractivity contribution in [2.75, 3.05) is 12.4 Å². The lowest BCUT2D eigenvalue weighted by Gasteiger charge is -2.32. The second kappa shape index (κ2) is 5.41. The maximum Gasteiger partial charge on any atom is 0.194 e. The predicted molar refractivity (Wildman–Crippen MR) is 56.3 cm³/mol. The molecule has 0 spiro atoms. The van der Waals surface area contributed by atoms with Gasteiger partial charge in [0.2, 0.25) is 0 Å². The van der Waals surface area contributed by atoms with Crippen LogP contribution in [0.1, 0.15) is 0 Å². The van der Waals surface area contributed by atoms with Crippen LogP contribution in [0.3, 0.4) is 0 Å². The van der Waals surface area contributed by atoms with Gasteiger partial charge in [-0.1, -0.05) is 17.8 Å². The summed E-state index contributed by atoms with van der Waals surface area (Å²) < 4.78 is 5.12. The highest BCUT2D eigenvalue weighted by Crippen LogP contribution is 2.30. The fourth-order valence-corrected chi connectivity index (χ4v) is 1.87. The van der Waals surface area contributed by atoms with Crippen molar-refractivity contribution in [3.05, 3.63) is 23.5 Å². The number of hydrogen-bond acceptors (Lipinski definition) is 6. The summed E-state index contributed by atoms with van der Waals surface area (Å²) >= 11 is 1.14. The van der Waals surface area contributed by atoms with Gasteiger partial charge in [-0.15, -0.1) is 6.58 Å². The Morgan fingerprint density at radius 1 is 1.47 bits per heavy atom. The molecule has 0 aliphatic carbocycles. The van der Waals surface area contributed by atoms with E-state index in [1.165, 1.54) is 0 Å². The first kappa shape index (κ1) is 12.4. The average Bonchev–Trinajstić information content (AvgIpc) is 2.25. The van der Waals surface area contributed by atoms with Crippen molar-refractivity contribution < 1.29 is 25.2 Å². The molecular weight excluding hydrogens is 220 g/mol. The highest BCUT2D eigenvalue weighted by molar-refractivity contribution is 8.03. The standard InChI is InChI=1S/C9H14O5S/c1-2-3-15-9-8(13)7(12)6(11)5(4-10)14-9/h2,5-7,10-13H,1,3-4H2/t5-,6-,7+/m1/s1. The highest BCUT2D eigenvalue weighted by Gasteiger charge is 2.37. The van der Waals surface area contributed by atoms with Gasteiger partial charge in [-0.05, 0) is 0 Å². The van der Waals surface area contributed by atoms with Gasteiger partial charge in [0, 0.05) is 5.75 Å². The van der Waals surface area contributed by atoms with Crippen LogP contribution in [0.5, 0.6) is 0 Å². The zero-order valence-corrected chi connectivity index (χ0v) is 8.85. The summed E-state index contributed by atoms with van der Waals surface area (Å²) in [7, 11) is 0. The molecule has 0 aromatic rings. The second-order valence-electron chi connectivity index (χ2n) is 3.05. The summed E-state index contributed by atoms with van der Waals surface area (Å²) in [5.41, 5.74) is 0. The molecule has 6 heteroatoms. The smallest absolute Gasteiger partial charge is 0.194 e. The van der Waals surface area contributed by atoms with Crippen LogP contribution < -0.4 is 0 Å². The Morgan fingerprint density at radius 3 is 2.67 bits per heavy atom. The van der Waals surface area contributed by atoms with Crippen molar-refractivity contribution in [2.45, 2.75) is 18.3 Å². The van der Waals surface area contributed by atoms with Crippen LogP contribution in [-0.2, 0) is 4.74 Å². The van der Waals surface area contributed by atoms with Gasteiger partial charge in [-0.25, -0.2) is 0 Å². The van der Waals surface area contributed by atoms with E-state index in [1.807, 2.05) is 0 Å². The summed E-state index contributed by atoms with van der Waals surface area (Å²) in [6.07, 6.45) is -2.03. The summed E-state index contributed by atoms with van der Waals surface area (Å²) in [6, 6.07) is 0. The van der Waals surface area contributed by atoms with Gasteiger partial charge in [0.15, 0.2) is 17.0 Å². The molecule has 0 fully saturated rings. The van der Waals surface area contributed by atoms with Crippen LogP contribution >= 0.6 is 11.8 Å². The topological polar surface area (TPSA) is 90.2 Å². The number of thioether (sulfide) groups is 1. The fraction of sp³-hybridized carbons (Fsp3) is 0.556. The van der Waals surface area contributed by atoms with E-state index in [0.717, 1.165) is 11.8 Å². The van der Waals surface area contributed by atoms with Gasteiger partial charge < -0.3 is 25.2 Å². The van der Waals surface area contributed by atoms with Crippen LogP contribution in [0.15, 0.2) is 23.5 Å². The molecule has 1 aliphatic rings. The Hall–Kier alpha value is -0.690. The summed E-state index contributed by atoms with van der Waals surface area (Å²) in [6.45, 7) is 3.07. The minimum Gasteiger partial charge on any atom is -0.506 e. The molecular formula is C9H14O5S. The molecule has 0 saturated heterocycles. The molecule has 0 unspecified atom stereocenters. The van der Waals surface area contributed by atoms with E-state index in [9.17, 15) is 15.3 Å². The SMILES string of the molecule is C=CCSC1=C(O)[C@@H](O)[C@H](O)[C@@H](CO)O1. The van der Waals surface area contributed by atoms with Crippen LogP contribution in [0, 0.1) is 0 Å². The maximum absolute atomic E-state index is 9.46. The van der Waals surface area contributed by atoms with Crippen LogP contribution in [0.25, 0.3) is 0 Å². The maximum atomic E-state index is 9.46. The monoisotopic (exact) mass is 234 g/mol. The highest BCUT2D eigenvalue weighted by atomic mass is 32.2. The number of rotatable bonds is 4. The quantitative estimate of drug-likeness (QED) is 0.501. The number of aliphatic hydroxyl groups excluding tert-OH is 4. The third kappa shape index (κ3) is 2.66. The Bertz CT molecular complexity index is 265. The molecule has 1 heterocycles. The van der Waals surface area contributed by atoms with Crippen molar-refractivity contribution in [2.24, 2.45) is 0 Å². The normalized spacial score (nSPS) is 31.3. The molecule has 0 aromatic carbocycles. The minimum absolute atomic E-state index is 0.117. The number of aliphatic hydroxyl groups is 4. The first-order chi connectivity index (χ1) is 7.11. The third-order valence-electron chi connectivity index (χ3n) is 1.96. The van der Waals surface area contributed by atoms with Gasteiger partial charge in [-0.2, -0.15) is 0 Å². The van der Waals surface area contributed by atoms with Crippen LogP contribution in [0.2, 0.25) is 0 Å². The fourth-order valence-electron chi connectivity index (χ4n) is 1.14. The second-order valence-corrected chi connectivity index (χ2v) is 4.04. The van der Waals surface area contributed by atoms with E-state index < -0.39 is 30.7 Å². The predicted octanol–water partition coefficient (Wildman–Crippen LogP) is -0.254. The van der Waals surface area contributed by atoms with E-state index in [1.54, 1.807) is 6.08 Å². The van der Waals surface area contributed by atoms with Crippen molar-refractivity contribution >= 4 is 11.8 Å². The molecule has 5 nitrogen and oxygen atoms in total. The third-order valence-corrected chi connectivity index (χ3v) is 2.93. The Balaban J connectivity index is 2.79. The molecule has 3 atom stereocenters. The zero-order chi connectivity index (χ0) is 11.4. The minimum atomic E-state index is -1.41.